The van der Waals surface area contributed by atoms with Gasteiger partial charge in [-0.2, -0.15) is 0 Å². The predicted octanol–water partition coefficient (Wildman–Crippen LogP) is 4.45. The van der Waals surface area contributed by atoms with Crippen LogP contribution < -0.4 is 14.2 Å². The molecule has 0 aromatic heterocycles. The zero-order valence-electron chi connectivity index (χ0n) is 15.1. The number of hydrogen-bond donors (Lipinski definition) is 0. The summed E-state index contributed by atoms with van der Waals surface area (Å²) >= 11 is 3.44. The number of methoxy groups -OCH3 is 3. The Morgan fingerprint density at radius 2 is 1.65 bits per heavy atom. The third-order valence-corrected chi connectivity index (χ3v) is 5.49. The number of hydrogen-bond acceptors (Lipinski definition) is 4. The summed E-state index contributed by atoms with van der Waals surface area (Å²) in [6.07, 6.45) is 1.93. The van der Waals surface area contributed by atoms with Crippen molar-refractivity contribution in [1.29, 1.82) is 0 Å². The zero-order chi connectivity index (χ0) is 18.7. The van der Waals surface area contributed by atoms with Gasteiger partial charge in [-0.05, 0) is 58.6 Å². The zero-order valence-corrected chi connectivity index (χ0v) is 16.7. The number of ether oxygens (including phenoxy) is 3. The Morgan fingerprint density at radius 3 is 2.19 bits per heavy atom. The molecule has 3 rings (SSSR count). The molecule has 1 saturated heterocycles. The highest BCUT2D eigenvalue weighted by Gasteiger charge is 2.31. The van der Waals surface area contributed by atoms with Crippen molar-refractivity contribution in [2.75, 3.05) is 27.9 Å². The molecule has 1 aliphatic rings. The number of carbonyl (C=O) groups is 1. The topological polar surface area (TPSA) is 48.0 Å². The Morgan fingerprint density at radius 1 is 1.04 bits per heavy atom. The minimum atomic E-state index is -0.0209. The molecule has 5 nitrogen and oxygen atoms in total. The highest BCUT2D eigenvalue weighted by Crippen LogP contribution is 2.38. The minimum Gasteiger partial charge on any atom is -0.497 e. The van der Waals surface area contributed by atoms with Crippen LogP contribution in [0.25, 0.3) is 0 Å². The summed E-state index contributed by atoms with van der Waals surface area (Å²) < 4.78 is 16.7. The smallest absolute Gasteiger partial charge is 0.254 e. The van der Waals surface area contributed by atoms with Crippen molar-refractivity contribution in [1.82, 2.24) is 4.90 Å². The standard InChI is InChI=1S/C20H22BrNO4/c1-24-15-8-6-13(7-9-15)16-5-4-10-22(16)20(23)14-11-17(25-2)19(21)18(12-14)26-3/h6-9,11-12,16H,4-5,10H2,1-3H3/t16-/m1/s1. The van der Waals surface area contributed by atoms with Gasteiger partial charge in [0.1, 0.15) is 21.7 Å². The van der Waals surface area contributed by atoms with Crippen LogP contribution in [-0.4, -0.2) is 38.7 Å². The molecule has 0 saturated carbocycles. The number of halogens is 1. The second kappa shape index (κ2) is 7.99. The van der Waals surface area contributed by atoms with Crippen LogP contribution in [0.4, 0.5) is 0 Å². The fourth-order valence-electron chi connectivity index (χ4n) is 3.34. The first-order valence-electron chi connectivity index (χ1n) is 8.45. The quantitative estimate of drug-likeness (QED) is 0.717. The van der Waals surface area contributed by atoms with Crippen molar-refractivity contribution in [3.63, 3.8) is 0 Å². The van der Waals surface area contributed by atoms with Crippen molar-refractivity contribution >= 4 is 21.8 Å². The lowest BCUT2D eigenvalue weighted by molar-refractivity contribution is 0.0735. The maximum Gasteiger partial charge on any atom is 0.254 e. The summed E-state index contributed by atoms with van der Waals surface area (Å²) in [5.41, 5.74) is 1.68. The molecule has 138 valence electrons. The summed E-state index contributed by atoms with van der Waals surface area (Å²) in [6, 6.07) is 11.5. The lowest BCUT2D eigenvalue weighted by Crippen LogP contribution is -2.30. The number of benzene rings is 2. The summed E-state index contributed by atoms with van der Waals surface area (Å²) in [6.45, 7) is 0.732. The molecule has 0 N–H and O–H groups in total. The average molecular weight is 420 g/mol. The van der Waals surface area contributed by atoms with Crippen LogP contribution in [0.2, 0.25) is 0 Å². The van der Waals surface area contributed by atoms with E-state index in [0.717, 1.165) is 30.7 Å². The molecule has 0 radical (unpaired) electrons. The molecule has 2 aromatic carbocycles. The summed E-state index contributed by atoms with van der Waals surface area (Å²) in [5.74, 6) is 1.94. The molecule has 26 heavy (non-hydrogen) atoms. The van der Waals surface area contributed by atoms with Gasteiger partial charge in [0.15, 0.2) is 0 Å². The number of amides is 1. The third-order valence-electron chi connectivity index (χ3n) is 4.71. The van der Waals surface area contributed by atoms with Gasteiger partial charge >= 0.3 is 0 Å². The van der Waals surface area contributed by atoms with Crippen molar-refractivity contribution in [3.05, 3.63) is 52.0 Å². The van der Waals surface area contributed by atoms with Crippen LogP contribution in [0.3, 0.4) is 0 Å². The SMILES string of the molecule is COc1ccc([C@H]2CCCN2C(=O)c2cc(OC)c(Br)c(OC)c2)cc1. The summed E-state index contributed by atoms with van der Waals surface area (Å²) in [7, 11) is 4.79. The Kier molecular flexibility index (Phi) is 5.71. The number of nitrogens with zero attached hydrogens (tertiary/aromatic N) is 1. The molecule has 1 fully saturated rings. The third kappa shape index (κ3) is 3.51. The molecular formula is C20H22BrNO4. The van der Waals surface area contributed by atoms with E-state index >= 15 is 0 Å². The van der Waals surface area contributed by atoms with E-state index in [0.29, 0.717) is 21.5 Å². The van der Waals surface area contributed by atoms with Gasteiger partial charge in [0.25, 0.3) is 5.91 Å². The first kappa shape index (κ1) is 18.6. The van der Waals surface area contributed by atoms with Crippen LogP contribution in [0, 0.1) is 0 Å². The monoisotopic (exact) mass is 419 g/mol. The van der Waals surface area contributed by atoms with E-state index in [9.17, 15) is 4.79 Å². The van der Waals surface area contributed by atoms with E-state index in [1.54, 1.807) is 33.5 Å². The van der Waals surface area contributed by atoms with Gasteiger partial charge in [-0.1, -0.05) is 12.1 Å². The number of rotatable bonds is 5. The van der Waals surface area contributed by atoms with Crippen molar-refractivity contribution < 1.29 is 19.0 Å². The van der Waals surface area contributed by atoms with Crippen LogP contribution in [0.15, 0.2) is 40.9 Å². The maximum absolute atomic E-state index is 13.2. The molecule has 0 aliphatic carbocycles. The van der Waals surface area contributed by atoms with Crippen LogP contribution >= 0.6 is 15.9 Å². The second-order valence-corrected chi connectivity index (χ2v) is 6.92. The molecule has 0 spiro atoms. The van der Waals surface area contributed by atoms with Crippen LogP contribution in [-0.2, 0) is 0 Å². The molecule has 6 heteroatoms. The van der Waals surface area contributed by atoms with Gasteiger partial charge in [-0.25, -0.2) is 0 Å². The first-order valence-corrected chi connectivity index (χ1v) is 9.24. The fourth-order valence-corrected chi connectivity index (χ4v) is 3.89. The first-order chi connectivity index (χ1) is 12.6. The average Bonchev–Trinajstić information content (AvgIpc) is 3.17. The summed E-state index contributed by atoms with van der Waals surface area (Å²) in [5, 5.41) is 0. The van der Waals surface area contributed by atoms with E-state index in [4.69, 9.17) is 14.2 Å². The molecule has 1 atom stereocenters. The lowest BCUT2D eigenvalue weighted by Gasteiger charge is -2.26. The van der Waals surface area contributed by atoms with Crippen molar-refractivity contribution in [2.24, 2.45) is 0 Å². The highest BCUT2D eigenvalue weighted by atomic mass is 79.9. The predicted molar refractivity (Wildman–Crippen MR) is 103 cm³/mol. The molecular weight excluding hydrogens is 398 g/mol. The van der Waals surface area contributed by atoms with Crippen LogP contribution in [0.5, 0.6) is 17.2 Å². The van der Waals surface area contributed by atoms with Gasteiger partial charge in [0.05, 0.1) is 27.4 Å². The maximum atomic E-state index is 13.2. The highest BCUT2D eigenvalue weighted by molar-refractivity contribution is 9.10. The number of likely N-dealkylation sites (tertiary alicyclic amines) is 1. The largest absolute Gasteiger partial charge is 0.497 e. The van der Waals surface area contributed by atoms with Gasteiger partial charge in [-0.3, -0.25) is 4.79 Å². The molecule has 0 unspecified atom stereocenters. The van der Waals surface area contributed by atoms with Gasteiger partial charge in [0, 0.05) is 12.1 Å². The Bertz CT molecular complexity index is 766. The Labute approximate surface area is 162 Å². The fraction of sp³-hybridized carbons (Fsp3) is 0.350. The van der Waals surface area contributed by atoms with Crippen molar-refractivity contribution in [2.45, 2.75) is 18.9 Å². The Hall–Kier alpha value is -2.21. The van der Waals surface area contributed by atoms with Gasteiger partial charge in [0.2, 0.25) is 0 Å². The molecule has 1 amide bonds. The van der Waals surface area contributed by atoms with Gasteiger partial charge < -0.3 is 19.1 Å². The van der Waals surface area contributed by atoms with Crippen LogP contribution in [0.1, 0.15) is 34.8 Å². The van der Waals surface area contributed by atoms with E-state index in [2.05, 4.69) is 15.9 Å². The van der Waals surface area contributed by atoms with E-state index in [1.807, 2.05) is 29.2 Å². The normalized spacial score (nSPS) is 16.5. The lowest BCUT2D eigenvalue weighted by atomic mass is 10.0. The van der Waals surface area contributed by atoms with Crippen molar-refractivity contribution in [3.8, 4) is 17.2 Å². The molecule has 2 aromatic rings. The molecule has 0 bridgehead atoms. The molecule has 1 heterocycles. The molecule has 1 aliphatic heterocycles. The van der Waals surface area contributed by atoms with E-state index < -0.39 is 0 Å². The number of carbonyl (C=O) groups excluding carboxylic acids is 1. The van der Waals surface area contributed by atoms with E-state index in [1.165, 1.54) is 0 Å². The minimum absolute atomic E-state index is 0.0209. The summed E-state index contributed by atoms with van der Waals surface area (Å²) in [4.78, 5) is 15.1. The second-order valence-electron chi connectivity index (χ2n) is 6.12. The van der Waals surface area contributed by atoms with Gasteiger partial charge in [-0.15, -0.1) is 0 Å². The Balaban J connectivity index is 1.90. The van der Waals surface area contributed by atoms with E-state index in [-0.39, 0.29) is 11.9 Å².